The van der Waals surface area contributed by atoms with Crippen LogP contribution in [0.25, 0.3) is 11.3 Å². The van der Waals surface area contributed by atoms with Gasteiger partial charge in [0.15, 0.2) is 17.2 Å². The third-order valence-electron chi connectivity index (χ3n) is 3.50. The number of primary amides is 1. The lowest BCUT2D eigenvalue weighted by atomic mass is 10.1. The average molecular weight is 403 g/mol. The maximum Gasteiger partial charge on any atom is 0.271 e. The van der Waals surface area contributed by atoms with Gasteiger partial charge >= 0.3 is 0 Å². The lowest BCUT2D eigenvalue weighted by molar-refractivity contribution is 0.0996. The minimum Gasteiger partial charge on any atom is -0.493 e. The molecule has 0 aliphatic rings. The summed E-state index contributed by atoms with van der Waals surface area (Å²) in [5.74, 6) is 0.442. The molecule has 0 saturated carbocycles. The van der Waals surface area contributed by atoms with E-state index in [4.69, 9.17) is 15.2 Å². The van der Waals surface area contributed by atoms with E-state index in [0.717, 1.165) is 10.0 Å². The van der Waals surface area contributed by atoms with Gasteiger partial charge in [-0.25, -0.2) is 0 Å². The molecule has 0 radical (unpaired) electrons. The zero-order valence-corrected chi connectivity index (χ0v) is 14.9. The minimum atomic E-state index is -0.656. The van der Waals surface area contributed by atoms with Crippen molar-refractivity contribution >= 4 is 21.8 Å². The van der Waals surface area contributed by atoms with Crippen molar-refractivity contribution in [3.63, 3.8) is 0 Å². The summed E-state index contributed by atoms with van der Waals surface area (Å²) >= 11 is 3.43. The Kier molecular flexibility index (Phi) is 4.99. The molecule has 3 aromatic rings. The number of H-pyrrole nitrogens is 1. The molecule has 0 saturated heterocycles. The van der Waals surface area contributed by atoms with Crippen molar-refractivity contribution in [2.24, 2.45) is 5.73 Å². The molecule has 0 fully saturated rings. The lowest BCUT2D eigenvalue weighted by Gasteiger charge is -2.12. The summed E-state index contributed by atoms with van der Waals surface area (Å²) in [5, 5.41) is 10.2. The molecule has 2 aromatic carbocycles. The van der Waals surface area contributed by atoms with Crippen molar-refractivity contribution < 1.29 is 14.3 Å². The Bertz CT molecular complexity index is 910. The Morgan fingerprint density at radius 2 is 2.04 bits per heavy atom. The van der Waals surface area contributed by atoms with Crippen molar-refractivity contribution in [2.75, 3.05) is 7.11 Å². The van der Waals surface area contributed by atoms with Crippen LogP contribution in [0.5, 0.6) is 11.5 Å². The highest BCUT2D eigenvalue weighted by Crippen LogP contribution is 2.33. The topological polar surface area (TPSA) is 103 Å². The first-order valence-corrected chi connectivity index (χ1v) is 8.14. The lowest BCUT2D eigenvalue weighted by Crippen LogP contribution is -2.12. The number of carbonyl (C=O) groups excluding carboxylic acids is 1. The third-order valence-corrected chi connectivity index (χ3v) is 3.99. The minimum absolute atomic E-state index is 0.0723. The Morgan fingerprint density at radius 1 is 1.20 bits per heavy atom. The first kappa shape index (κ1) is 17.0. The second kappa shape index (κ2) is 7.35. The van der Waals surface area contributed by atoms with Gasteiger partial charge in [0.1, 0.15) is 12.3 Å². The fourth-order valence-electron chi connectivity index (χ4n) is 2.33. The summed E-state index contributed by atoms with van der Waals surface area (Å²) in [7, 11) is 1.56. The summed E-state index contributed by atoms with van der Waals surface area (Å²) in [6.07, 6.45) is 0. The van der Waals surface area contributed by atoms with Crippen molar-refractivity contribution in [1.29, 1.82) is 0 Å². The predicted molar refractivity (Wildman–Crippen MR) is 95.4 cm³/mol. The molecule has 0 atom stereocenters. The van der Waals surface area contributed by atoms with E-state index in [0.29, 0.717) is 29.4 Å². The van der Waals surface area contributed by atoms with Crippen LogP contribution in [-0.4, -0.2) is 28.4 Å². The van der Waals surface area contributed by atoms with E-state index in [1.165, 1.54) is 0 Å². The first-order chi connectivity index (χ1) is 12.1. The molecule has 0 bridgehead atoms. The summed E-state index contributed by atoms with van der Waals surface area (Å²) in [6, 6.07) is 13.1. The van der Waals surface area contributed by atoms with Gasteiger partial charge in [0.05, 0.1) is 7.11 Å². The fraction of sp³-hybridized carbons (Fsp3) is 0.118. The van der Waals surface area contributed by atoms with Crippen LogP contribution in [0.4, 0.5) is 0 Å². The van der Waals surface area contributed by atoms with E-state index in [1.54, 1.807) is 25.3 Å². The Balaban J connectivity index is 1.90. The van der Waals surface area contributed by atoms with Gasteiger partial charge in [-0.15, -0.1) is 0 Å². The number of nitrogens with two attached hydrogens (primary N) is 1. The quantitative estimate of drug-likeness (QED) is 0.659. The van der Waals surface area contributed by atoms with Crippen LogP contribution in [0.3, 0.4) is 0 Å². The number of ether oxygens (including phenoxy) is 2. The number of carbonyl (C=O) groups is 1. The predicted octanol–water partition coefficient (Wildman–Crippen LogP) is 2.92. The molecule has 1 heterocycles. The molecule has 0 unspecified atom stereocenters. The third kappa shape index (κ3) is 3.80. The van der Waals surface area contributed by atoms with Crippen LogP contribution < -0.4 is 15.2 Å². The molecule has 7 nitrogen and oxygen atoms in total. The van der Waals surface area contributed by atoms with Gasteiger partial charge in [-0.1, -0.05) is 28.1 Å². The van der Waals surface area contributed by atoms with E-state index in [9.17, 15) is 4.79 Å². The highest BCUT2D eigenvalue weighted by atomic mass is 79.9. The summed E-state index contributed by atoms with van der Waals surface area (Å²) in [6.45, 7) is 0.362. The molecule has 128 valence electrons. The fourth-order valence-corrected chi connectivity index (χ4v) is 2.78. The van der Waals surface area contributed by atoms with Crippen molar-refractivity contribution in [3.8, 4) is 22.8 Å². The number of nitrogens with zero attached hydrogens (tertiary/aromatic N) is 2. The smallest absolute Gasteiger partial charge is 0.271 e. The maximum absolute atomic E-state index is 11.4. The largest absolute Gasteiger partial charge is 0.493 e. The Morgan fingerprint density at radius 3 is 2.76 bits per heavy atom. The van der Waals surface area contributed by atoms with E-state index < -0.39 is 5.91 Å². The number of halogens is 1. The molecule has 1 aromatic heterocycles. The Hall–Kier alpha value is -2.87. The van der Waals surface area contributed by atoms with Crippen LogP contribution in [0.2, 0.25) is 0 Å². The highest BCUT2D eigenvalue weighted by Gasteiger charge is 2.17. The number of benzene rings is 2. The normalized spacial score (nSPS) is 10.5. The molecular weight excluding hydrogens is 388 g/mol. The zero-order chi connectivity index (χ0) is 17.8. The number of aromatic amines is 1. The van der Waals surface area contributed by atoms with E-state index in [-0.39, 0.29) is 5.69 Å². The molecular formula is C17H15BrN4O3. The average Bonchev–Trinajstić information content (AvgIpc) is 3.10. The molecule has 3 N–H and O–H groups in total. The standard InChI is InChI=1S/C17H15BrN4O3/c1-24-13-6-5-11(15-16(17(19)23)21-22-20-15)8-14(13)25-9-10-3-2-4-12(18)7-10/h2-8H,9H2,1H3,(H2,19,23)(H,20,21,22). The molecule has 25 heavy (non-hydrogen) atoms. The number of nitrogens with one attached hydrogen (secondary N) is 1. The molecule has 0 spiro atoms. The monoisotopic (exact) mass is 402 g/mol. The molecule has 1 amide bonds. The van der Waals surface area contributed by atoms with Crippen LogP contribution in [0.15, 0.2) is 46.9 Å². The SMILES string of the molecule is COc1ccc(-c2n[nH]nc2C(N)=O)cc1OCc1cccc(Br)c1. The second-order valence-electron chi connectivity index (χ2n) is 5.17. The Labute approximate surface area is 152 Å². The van der Waals surface area contributed by atoms with E-state index >= 15 is 0 Å². The number of aromatic nitrogens is 3. The molecule has 8 heteroatoms. The maximum atomic E-state index is 11.4. The first-order valence-electron chi connectivity index (χ1n) is 7.34. The zero-order valence-electron chi connectivity index (χ0n) is 13.3. The van der Waals surface area contributed by atoms with Gasteiger partial charge in [0, 0.05) is 10.0 Å². The number of hydrogen-bond donors (Lipinski definition) is 2. The van der Waals surface area contributed by atoms with Crippen LogP contribution >= 0.6 is 15.9 Å². The summed E-state index contributed by atoms with van der Waals surface area (Å²) in [5.41, 5.74) is 7.40. The molecule has 0 aliphatic carbocycles. The number of rotatable bonds is 6. The molecule has 3 rings (SSSR count). The van der Waals surface area contributed by atoms with Crippen molar-refractivity contribution in [1.82, 2.24) is 15.4 Å². The van der Waals surface area contributed by atoms with E-state index in [2.05, 4.69) is 31.3 Å². The highest BCUT2D eigenvalue weighted by molar-refractivity contribution is 9.10. The van der Waals surface area contributed by atoms with Crippen LogP contribution in [0.1, 0.15) is 16.1 Å². The number of methoxy groups -OCH3 is 1. The van der Waals surface area contributed by atoms with Crippen LogP contribution in [0, 0.1) is 0 Å². The van der Waals surface area contributed by atoms with Crippen molar-refractivity contribution in [3.05, 3.63) is 58.2 Å². The van der Waals surface area contributed by atoms with E-state index in [1.807, 2.05) is 24.3 Å². The number of hydrogen-bond acceptors (Lipinski definition) is 5. The summed E-state index contributed by atoms with van der Waals surface area (Å²) in [4.78, 5) is 11.4. The van der Waals surface area contributed by atoms with Gasteiger partial charge in [0.2, 0.25) is 0 Å². The van der Waals surface area contributed by atoms with Gasteiger partial charge < -0.3 is 15.2 Å². The van der Waals surface area contributed by atoms with Crippen LogP contribution in [-0.2, 0) is 6.61 Å². The van der Waals surface area contributed by atoms with Gasteiger partial charge in [-0.05, 0) is 35.9 Å². The second-order valence-corrected chi connectivity index (χ2v) is 6.08. The molecule has 0 aliphatic heterocycles. The van der Waals surface area contributed by atoms with Crippen molar-refractivity contribution in [2.45, 2.75) is 6.61 Å². The van der Waals surface area contributed by atoms with Gasteiger partial charge in [-0.3, -0.25) is 4.79 Å². The van der Waals surface area contributed by atoms with Gasteiger partial charge in [-0.2, -0.15) is 15.4 Å². The summed E-state index contributed by atoms with van der Waals surface area (Å²) < 4.78 is 12.2. The van der Waals surface area contributed by atoms with Gasteiger partial charge in [0.25, 0.3) is 5.91 Å². The number of amides is 1.